The lowest BCUT2D eigenvalue weighted by Crippen LogP contribution is -2.39. The number of aliphatic hydroxyl groups is 1. The molecular weight excluding hydrogens is 378 g/mol. The molecule has 10 nitrogen and oxygen atoms in total. The Morgan fingerprint density at radius 2 is 1.76 bits per heavy atom. The van der Waals surface area contributed by atoms with Crippen LogP contribution in [0, 0.1) is 0 Å². The molecule has 2 aromatic rings. The highest BCUT2D eigenvalue weighted by atomic mass is 16.5. The van der Waals surface area contributed by atoms with Crippen LogP contribution in [0.1, 0.15) is 6.92 Å². The van der Waals surface area contributed by atoms with Gasteiger partial charge in [-0.1, -0.05) is 12.1 Å². The molecule has 2 rings (SSSR count). The number of methoxy groups -OCH3 is 1. The third-order valence-corrected chi connectivity index (χ3v) is 3.80. The van der Waals surface area contributed by atoms with Crippen molar-refractivity contribution in [2.75, 3.05) is 45.5 Å². The fourth-order valence-corrected chi connectivity index (χ4v) is 2.25. The summed E-state index contributed by atoms with van der Waals surface area (Å²) in [5, 5.41) is 21.1. The predicted octanol–water partition coefficient (Wildman–Crippen LogP) is 0.584. The third kappa shape index (κ3) is 8.48. The van der Waals surface area contributed by atoms with Gasteiger partial charge in [0.2, 0.25) is 5.88 Å². The molecule has 10 heteroatoms. The van der Waals surface area contributed by atoms with Crippen LogP contribution in [0.15, 0.2) is 36.4 Å². The summed E-state index contributed by atoms with van der Waals surface area (Å²) in [6, 6.07) is 10.6. The van der Waals surface area contributed by atoms with Gasteiger partial charge >= 0.3 is 0 Å². The van der Waals surface area contributed by atoms with Crippen molar-refractivity contribution < 1.29 is 24.1 Å². The van der Waals surface area contributed by atoms with Crippen LogP contribution in [0.4, 0.5) is 5.82 Å². The van der Waals surface area contributed by atoms with Crippen LogP contribution in [0.25, 0.3) is 0 Å². The molecule has 0 radical (unpaired) electrons. The van der Waals surface area contributed by atoms with Crippen molar-refractivity contribution in [1.82, 2.24) is 15.5 Å². The van der Waals surface area contributed by atoms with Gasteiger partial charge in [0.1, 0.15) is 25.9 Å². The van der Waals surface area contributed by atoms with E-state index in [0.29, 0.717) is 49.6 Å². The van der Waals surface area contributed by atoms with Crippen LogP contribution in [0.2, 0.25) is 0 Å². The molecular formula is C19H29N5O5. The first-order valence-corrected chi connectivity index (χ1v) is 9.30. The molecule has 0 amide bonds. The van der Waals surface area contributed by atoms with Crippen molar-refractivity contribution in [2.45, 2.75) is 19.1 Å². The van der Waals surface area contributed by atoms with Crippen molar-refractivity contribution in [3.63, 3.8) is 0 Å². The van der Waals surface area contributed by atoms with E-state index < -0.39 is 6.10 Å². The number of hydrazine groups is 1. The number of benzene rings is 1. The molecule has 0 fully saturated rings. The summed E-state index contributed by atoms with van der Waals surface area (Å²) in [6.45, 7) is 3.70. The standard InChI is InChI=1S/C19H29N5O5/c1-14(12-29-19-8-7-18(22-20)23-24-19)21-11-15(25)13-28-17-6-4-3-5-16(17)27-10-9-26-2/h3-8,14-15,21,25H,9-13,20H2,1-2H3,(H,22,23). The Morgan fingerprint density at radius 1 is 1.00 bits per heavy atom. The molecule has 2 unspecified atom stereocenters. The zero-order chi connectivity index (χ0) is 20.9. The second-order valence-corrected chi connectivity index (χ2v) is 6.27. The molecule has 5 N–H and O–H groups in total. The van der Waals surface area contributed by atoms with E-state index in [-0.39, 0.29) is 12.6 Å². The van der Waals surface area contributed by atoms with Crippen LogP contribution in [0.5, 0.6) is 17.4 Å². The number of aliphatic hydroxyl groups excluding tert-OH is 1. The summed E-state index contributed by atoms with van der Waals surface area (Å²) in [6.07, 6.45) is -0.695. The number of nitrogens with zero attached hydrogens (tertiary/aromatic N) is 2. The Bertz CT molecular complexity index is 704. The Balaban J connectivity index is 1.68. The van der Waals surface area contributed by atoms with Gasteiger partial charge in [-0.25, -0.2) is 5.84 Å². The summed E-state index contributed by atoms with van der Waals surface area (Å²) >= 11 is 0. The number of para-hydroxylation sites is 2. The average Bonchev–Trinajstić information content (AvgIpc) is 2.76. The Kier molecular flexibility index (Phi) is 9.93. The first kappa shape index (κ1) is 22.6. The van der Waals surface area contributed by atoms with Crippen LogP contribution in [-0.4, -0.2) is 67.5 Å². The monoisotopic (exact) mass is 407 g/mol. The molecule has 0 aliphatic carbocycles. The van der Waals surface area contributed by atoms with E-state index in [1.54, 1.807) is 25.3 Å². The fraction of sp³-hybridized carbons (Fsp3) is 0.474. The highest BCUT2D eigenvalue weighted by Crippen LogP contribution is 2.26. The van der Waals surface area contributed by atoms with Gasteiger partial charge < -0.3 is 34.8 Å². The molecule has 29 heavy (non-hydrogen) atoms. The lowest BCUT2D eigenvalue weighted by Gasteiger charge is -2.18. The van der Waals surface area contributed by atoms with E-state index in [4.69, 9.17) is 24.8 Å². The van der Waals surface area contributed by atoms with Gasteiger partial charge in [-0.2, -0.15) is 0 Å². The number of rotatable bonds is 14. The van der Waals surface area contributed by atoms with Crippen molar-refractivity contribution in [2.24, 2.45) is 5.84 Å². The number of nitrogen functional groups attached to an aromatic ring is 1. The molecule has 160 valence electrons. The van der Waals surface area contributed by atoms with Crippen LogP contribution in [-0.2, 0) is 4.74 Å². The van der Waals surface area contributed by atoms with Crippen molar-refractivity contribution in [1.29, 1.82) is 0 Å². The van der Waals surface area contributed by atoms with Crippen molar-refractivity contribution >= 4 is 5.82 Å². The van der Waals surface area contributed by atoms with E-state index in [2.05, 4.69) is 20.9 Å². The van der Waals surface area contributed by atoms with E-state index in [1.165, 1.54) is 0 Å². The molecule has 0 aliphatic heterocycles. The maximum atomic E-state index is 10.2. The molecule has 0 saturated carbocycles. The molecule has 1 heterocycles. The lowest BCUT2D eigenvalue weighted by molar-refractivity contribution is 0.0973. The number of hydrogen-bond acceptors (Lipinski definition) is 10. The van der Waals surface area contributed by atoms with Crippen molar-refractivity contribution in [3.05, 3.63) is 36.4 Å². The Morgan fingerprint density at radius 3 is 2.41 bits per heavy atom. The summed E-state index contributed by atoms with van der Waals surface area (Å²) < 4.78 is 21.8. The minimum Gasteiger partial charge on any atom is -0.487 e. The van der Waals surface area contributed by atoms with Gasteiger partial charge in [0.15, 0.2) is 17.3 Å². The quantitative estimate of drug-likeness (QED) is 0.200. The number of anilines is 1. The van der Waals surface area contributed by atoms with Crippen LogP contribution in [0.3, 0.4) is 0 Å². The van der Waals surface area contributed by atoms with Crippen LogP contribution >= 0.6 is 0 Å². The van der Waals surface area contributed by atoms with Gasteiger partial charge in [0.25, 0.3) is 0 Å². The zero-order valence-corrected chi connectivity index (χ0v) is 16.7. The smallest absolute Gasteiger partial charge is 0.233 e. The Labute approximate surface area is 170 Å². The summed E-state index contributed by atoms with van der Waals surface area (Å²) in [5.41, 5.74) is 2.40. The van der Waals surface area contributed by atoms with Gasteiger partial charge in [-0.15, -0.1) is 10.2 Å². The van der Waals surface area contributed by atoms with E-state index in [0.717, 1.165) is 0 Å². The predicted molar refractivity (Wildman–Crippen MR) is 108 cm³/mol. The largest absolute Gasteiger partial charge is 0.487 e. The minimum atomic E-state index is -0.695. The van der Waals surface area contributed by atoms with Gasteiger partial charge in [0, 0.05) is 25.8 Å². The topological polar surface area (TPSA) is 133 Å². The number of nitrogens with one attached hydrogen (secondary N) is 2. The maximum Gasteiger partial charge on any atom is 0.233 e. The lowest BCUT2D eigenvalue weighted by atomic mass is 10.3. The Hall–Kier alpha value is -2.66. The maximum absolute atomic E-state index is 10.2. The first-order chi connectivity index (χ1) is 14.1. The third-order valence-electron chi connectivity index (χ3n) is 3.80. The fourth-order valence-electron chi connectivity index (χ4n) is 2.25. The van der Waals surface area contributed by atoms with Gasteiger partial charge in [-0.3, -0.25) is 0 Å². The van der Waals surface area contributed by atoms with E-state index >= 15 is 0 Å². The van der Waals surface area contributed by atoms with Crippen LogP contribution < -0.4 is 30.8 Å². The van der Waals surface area contributed by atoms with Crippen molar-refractivity contribution in [3.8, 4) is 17.4 Å². The number of hydrogen-bond donors (Lipinski definition) is 4. The number of aromatic nitrogens is 2. The highest BCUT2D eigenvalue weighted by molar-refractivity contribution is 5.39. The van der Waals surface area contributed by atoms with Gasteiger partial charge in [0.05, 0.1) is 6.61 Å². The van der Waals surface area contributed by atoms with E-state index in [9.17, 15) is 5.11 Å². The number of nitrogens with two attached hydrogens (primary N) is 1. The summed E-state index contributed by atoms with van der Waals surface area (Å²) in [5.74, 6) is 7.28. The molecule has 1 aromatic heterocycles. The average molecular weight is 407 g/mol. The molecule has 0 saturated heterocycles. The summed E-state index contributed by atoms with van der Waals surface area (Å²) in [4.78, 5) is 0. The van der Waals surface area contributed by atoms with Gasteiger partial charge in [-0.05, 0) is 25.1 Å². The zero-order valence-electron chi connectivity index (χ0n) is 16.7. The molecule has 0 spiro atoms. The number of ether oxygens (including phenoxy) is 4. The molecule has 0 aliphatic rings. The first-order valence-electron chi connectivity index (χ1n) is 9.30. The molecule has 1 aromatic carbocycles. The normalized spacial score (nSPS) is 12.8. The molecule has 0 bridgehead atoms. The van der Waals surface area contributed by atoms with E-state index in [1.807, 2.05) is 25.1 Å². The minimum absolute atomic E-state index is 0.0107. The second-order valence-electron chi connectivity index (χ2n) is 6.27. The summed E-state index contributed by atoms with van der Waals surface area (Å²) in [7, 11) is 1.61. The second kappa shape index (κ2) is 12.7. The SMILES string of the molecule is COCCOc1ccccc1OCC(O)CNC(C)COc1ccc(NN)nn1. The molecule has 2 atom stereocenters. The highest BCUT2D eigenvalue weighted by Gasteiger charge is 2.11.